The van der Waals surface area contributed by atoms with Crippen LogP contribution in [0, 0.1) is 10.1 Å². The minimum atomic E-state index is -0.540. The van der Waals surface area contributed by atoms with E-state index in [2.05, 4.69) is 0 Å². The van der Waals surface area contributed by atoms with Gasteiger partial charge in [-0.15, -0.1) is 0 Å². The summed E-state index contributed by atoms with van der Waals surface area (Å²) in [5.74, 6) is 0.675. The molecule has 0 unspecified atom stereocenters. The van der Waals surface area contributed by atoms with Crippen LogP contribution in [0.25, 0.3) is 17.1 Å². The Hall–Kier alpha value is -3.64. The number of hydrogen-bond donors (Lipinski definition) is 0. The lowest BCUT2D eigenvalue weighted by Crippen LogP contribution is -2.27. The van der Waals surface area contributed by atoms with Crippen molar-refractivity contribution in [2.45, 2.75) is 0 Å². The smallest absolute Gasteiger partial charge is 0.328 e. The predicted molar refractivity (Wildman–Crippen MR) is 123 cm³/mol. The Morgan fingerprint density at radius 3 is 2.50 bits per heavy atom. The van der Waals surface area contributed by atoms with Crippen LogP contribution in [0.5, 0.6) is 11.5 Å². The molecule has 12 heteroatoms. The molecule has 0 N–H and O–H groups in total. The lowest BCUT2D eigenvalue weighted by atomic mass is 10.1. The number of thioether (sulfide) groups is 1. The highest BCUT2D eigenvalue weighted by Gasteiger charge is 2.35. The minimum absolute atomic E-state index is 0.102. The summed E-state index contributed by atoms with van der Waals surface area (Å²) in [6.07, 6.45) is 1.43. The molecule has 2 aliphatic heterocycles. The molecule has 0 atom stereocenters. The van der Waals surface area contributed by atoms with Crippen molar-refractivity contribution in [1.29, 1.82) is 0 Å². The summed E-state index contributed by atoms with van der Waals surface area (Å²) in [6, 6.07) is 7.90. The number of benzene rings is 2. The van der Waals surface area contributed by atoms with Gasteiger partial charge >= 0.3 is 5.69 Å². The maximum Gasteiger partial charge on any atom is 0.328 e. The summed E-state index contributed by atoms with van der Waals surface area (Å²) < 4.78 is 13.7. The Morgan fingerprint density at radius 1 is 1.09 bits per heavy atom. The Labute approximate surface area is 189 Å². The molecule has 3 aromatic rings. The van der Waals surface area contributed by atoms with Gasteiger partial charge in [0.25, 0.3) is 11.6 Å². The SMILES string of the molecule is Cn1c(=O)n(C)c2cc([N+](=O)[O-])c(/C=C3\SC(=S)N(c4ccc5c(c4)OCO5)C3=O)cc21. The second kappa shape index (κ2) is 7.21. The number of rotatable bonds is 3. The van der Waals surface area contributed by atoms with Gasteiger partial charge in [-0.05, 0) is 24.3 Å². The number of imidazole rings is 1. The molecule has 5 rings (SSSR count). The van der Waals surface area contributed by atoms with Gasteiger partial charge in [0.15, 0.2) is 15.8 Å². The zero-order valence-electron chi connectivity index (χ0n) is 16.7. The summed E-state index contributed by atoms with van der Waals surface area (Å²) in [7, 11) is 3.13. The number of carbonyl (C=O) groups excluding carboxylic acids is 1. The molecule has 3 heterocycles. The fourth-order valence-corrected chi connectivity index (χ4v) is 4.97. The number of carbonyl (C=O) groups is 1. The van der Waals surface area contributed by atoms with Gasteiger partial charge in [0.05, 0.1) is 32.1 Å². The molecular formula is C20H14N4O6S2. The quantitative estimate of drug-likeness (QED) is 0.249. The average Bonchev–Trinajstić information content (AvgIpc) is 3.40. The third-order valence-corrected chi connectivity index (χ3v) is 6.61. The minimum Gasteiger partial charge on any atom is -0.454 e. The van der Waals surface area contributed by atoms with Crippen molar-refractivity contribution in [2.75, 3.05) is 11.7 Å². The number of aryl methyl sites for hydroxylation is 2. The largest absolute Gasteiger partial charge is 0.454 e. The number of aromatic nitrogens is 2. The van der Waals surface area contributed by atoms with Gasteiger partial charge in [-0.25, -0.2) is 4.79 Å². The topological polar surface area (TPSA) is 109 Å². The van der Waals surface area contributed by atoms with Crippen LogP contribution in [0.1, 0.15) is 5.56 Å². The van der Waals surface area contributed by atoms with E-state index in [9.17, 15) is 19.7 Å². The van der Waals surface area contributed by atoms with Crippen molar-refractivity contribution in [3.05, 3.63) is 61.4 Å². The number of thiocarbonyl (C=S) groups is 1. The zero-order valence-corrected chi connectivity index (χ0v) is 18.4. The monoisotopic (exact) mass is 470 g/mol. The number of nitrogens with zero attached hydrogens (tertiary/aromatic N) is 4. The number of ether oxygens (including phenoxy) is 2. The van der Waals surface area contributed by atoms with E-state index in [4.69, 9.17) is 21.7 Å². The summed E-state index contributed by atoms with van der Waals surface area (Å²) in [5.41, 5.74) is 1.13. The Morgan fingerprint density at radius 2 is 1.78 bits per heavy atom. The number of hydrogen-bond acceptors (Lipinski definition) is 8. The van der Waals surface area contributed by atoms with E-state index < -0.39 is 10.8 Å². The molecule has 32 heavy (non-hydrogen) atoms. The number of amides is 1. The number of nitro groups is 1. The lowest BCUT2D eigenvalue weighted by Gasteiger charge is -2.14. The van der Waals surface area contributed by atoms with Crippen molar-refractivity contribution in [2.24, 2.45) is 14.1 Å². The average molecular weight is 470 g/mol. The normalized spacial score (nSPS) is 16.6. The fourth-order valence-electron chi connectivity index (χ4n) is 3.68. The van der Waals surface area contributed by atoms with Crippen molar-refractivity contribution >= 4 is 62.7 Å². The molecule has 0 radical (unpaired) electrons. The molecule has 1 aromatic heterocycles. The van der Waals surface area contributed by atoms with Gasteiger partial charge in [-0.2, -0.15) is 0 Å². The van der Waals surface area contributed by atoms with E-state index in [1.807, 2.05) is 0 Å². The van der Waals surface area contributed by atoms with E-state index in [1.165, 1.54) is 32.2 Å². The molecule has 0 spiro atoms. The molecule has 1 fully saturated rings. The van der Waals surface area contributed by atoms with Crippen molar-refractivity contribution in [3.8, 4) is 11.5 Å². The van der Waals surface area contributed by atoms with Gasteiger partial charge in [0.2, 0.25) is 6.79 Å². The van der Waals surface area contributed by atoms with E-state index >= 15 is 0 Å². The van der Waals surface area contributed by atoms with Crippen molar-refractivity contribution < 1.29 is 19.2 Å². The summed E-state index contributed by atoms with van der Waals surface area (Å²) in [6.45, 7) is 0.102. The summed E-state index contributed by atoms with van der Waals surface area (Å²) in [5, 5.41) is 11.7. The third-order valence-electron chi connectivity index (χ3n) is 5.31. The highest BCUT2D eigenvalue weighted by molar-refractivity contribution is 8.27. The third kappa shape index (κ3) is 2.99. The van der Waals surface area contributed by atoms with Crippen LogP contribution in [-0.2, 0) is 18.9 Å². The predicted octanol–water partition coefficient (Wildman–Crippen LogP) is 2.92. The fraction of sp³-hybridized carbons (Fsp3) is 0.150. The van der Waals surface area contributed by atoms with Crippen LogP contribution in [0.3, 0.4) is 0 Å². The lowest BCUT2D eigenvalue weighted by molar-refractivity contribution is -0.385. The number of nitro benzene ring substituents is 1. The zero-order chi connectivity index (χ0) is 22.7. The highest BCUT2D eigenvalue weighted by atomic mass is 32.2. The second-order valence-electron chi connectivity index (χ2n) is 7.11. The van der Waals surface area contributed by atoms with E-state index in [0.717, 1.165) is 11.8 Å². The van der Waals surface area contributed by atoms with E-state index in [1.54, 1.807) is 32.3 Å². The van der Waals surface area contributed by atoms with Crippen molar-refractivity contribution in [1.82, 2.24) is 9.13 Å². The van der Waals surface area contributed by atoms with Crippen LogP contribution < -0.4 is 20.1 Å². The first-order chi connectivity index (χ1) is 15.3. The van der Waals surface area contributed by atoms with Gasteiger partial charge in [0.1, 0.15) is 0 Å². The van der Waals surface area contributed by atoms with Crippen LogP contribution in [0.2, 0.25) is 0 Å². The van der Waals surface area contributed by atoms with Gasteiger partial charge < -0.3 is 9.47 Å². The molecule has 10 nitrogen and oxygen atoms in total. The van der Waals surface area contributed by atoms with E-state index in [0.29, 0.717) is 28.2 Å². The Balaban J connectivity index is 1.59. The van der Waals surface area contributed by atoms with E-state index in [-0.39, 0.29) is 33.0 Å². The first-order valence-electron chi connectivity index (χ1n) is 9.27. The summed E-state index contributed by atoms with van der Waals surface area (Å²) >= 11 is 6.44. The number of anilines is 1. The Bertz CT molecular complexity index is 1450. The Kier molecular flexibility index (Phi) is 4.57. The highest BCUT2D eigenvalue weighted by Crippen LogP contribution is 2.41. The van der Waals surface area contributed by atoms with Crippen LogP contribution in [0.15, 0.2) is 40.0 Å². The van der Waals surface area contributed by atoms with Crippen molar-refractivity contribution in [3.63, 3.8) is 0 Å². The maximum absolute atomic E-state index is 13.1. The second-order valence-corrected chi connectivity index (χ2v) is 8.79. The molecule has 1 amide bonds. The number of fused-ring (bicyclic) bond motifs is 2. The van der Waals surface area contributed by atoms with Crippen LogP contribution in [0.4, 0.5) is 11.4 Å². The molecule has 0 saturated carbocycles. The first-order valence-corrected chi connectivity index (χ1v) is 10.5. The molecule has 1 saturated heterocycles. The molecule has 0 aliphatic carbocycles. The summed E-state index contributed by atoms with van der Waals surface area (Å²) in [4.78, 5) is 38.1. The van der Waals surface area contributed by atoms with Crippen LogP contribution >= 0.6 is 24.0 Å². The molecule has 162 valence electrons. The van der Waals surface area contributed by atoms with Gasteiger partial charge in [-0.3, -0.25) is 28.9 Å². The molecule has 2 aliphatic rings. The first kappa shape index (κ1) is 20.3. The molecule has 2 aromatic carbocycles. The standard InChI is InChI=1S/C20H14N4O6S2/c1-21-13-5-10(12(24(27)28)8-14(13)22(2)19(21)26)6-17-18(25)23(20(31)32-17)11-3-4-15-16(7-11)30-9-29-15/h3-8H,9H2,1-2H3/b17-6-. The molecule has 0 bridgehead atoms. The van der Waals surface area contributed by atoms with Gasteiger partial charge in [-0.1, -0.05) is 24.0 Å². The van der Waals surface area contributed by atoms with Gasteiger partial charge in [0, 0.05) is 26.2 Å². The maximum atomic E-state index is 13.1. The molecular weight excluding hydrogens is 456 g/mol. The van der Waals surface area contributed by atoms with Crippen LogP contribution in [-0.4, -0.2) is 31.1 Å².